The predicted molar refractivity (Wildman–Crippen MR) is 63.9 cm³/mol. The molecule has 0 saturated carbocycles. The van der Waals surface area contributed by atoms with E-state index in [2.05, 4.69) is 25.8 Å². The number of thiazole rings is 1. The van der Waals surface area contributed by atoms with Crippen LogP contribution in [0.25, 0.3) is 0 Å². The van der Waals surface area contributed by atoms with Crippen LogP contribution in [0.4, 0.5) is 4.39 Å². The molecular weight excluding hydrogens is 209 g/mol. The summed E-state index contributed by atoms with van der Waals surface area (Å²) < 4.78 is 13.6. The SMILES string of the molecule is CCCCC(C)(CCC)c1ncsc1F. The number of halogens is 1. The Bertz CT molecular complexity index is 298. The van der Waals surface area contributed by atoms with Gasteiger partial charge in [-0.15, -0.1) is 0 Å². The van der Waals surface area contributed by atoms with Gasteiger partial charge in [-0.2, -0.15) is 4.39 Å². The molecule has 1 atom stereocenters. The zero-order chi connectivity index (χ0) is 11.3. The molecule has 86 valence electrons. The maximum Gasteiger partial charge on any atom is 0.199 e. The molecule has 0 saturated heterocycles. The van der Waals surface area contributed by atoms with Crippen molar-refractivity contribution in [3.05, 3.63) is 16.3 Å². The third-order valence-electron chi connectivity index (χ3n) is 2.98. The minimum Gasteiger partial charge on any atom is -0.246 e. The predicted octanol–water partition coefficient (Wildman–Crippen LogP) is 4.53. The van der Waals surface area contributed by atoms with Crippen molar-refractivity contribution in [2.24, 2.45) is 0 Å². The second-order valence-electron chi connectivity index (χ2n) is 4.39. The quantitative estimate of drug-likeness (QED) is 0.698. The minimum atomic E-state index is -0.0953. The van der Waals surface area contributed by atoms with E-state index in [9.17, 15) is 4.39 Å². The van der Waals surface area contributed by atoms with Gasteiger partial charge in [0, 0.05) is 5.41 Å². The smallest absolute Gasteiger partial charge is 0.199 e. The van der Waals surface area contributed by atoms with Gasteiger partial charge in [0.2, 0.25) is 0 Å². The van der Waals surface area contributed by atoms with Crippen LogP contribution in [0.3, 0.4) is 0 Å². The van der Waals surface area contributed by atoms with Gasteiger partial charge in [0.15, 0.2) is 5.13 Å². The van der Waals surface area contributed by atoms with Gasteiger partial charge in [0.25, 0.3) is 0 Å². The fraction of sp³-hybridized carbons (Fsp3) is 0.750. The summed E-state index contributed by atoms with van der Waals surface area (Å²) in [6.07, 6.45) is 5.45. The molecule has 0 N–H and O–H groups in total. The second-order valence-corrected chi connectivity index (χ2v) is 5.19. The largest absolute Gasteiger partial charge is 0.246 e. The van der Waals surface area contributed by atoms with E-state index in [1.165, 1.54) is 0 Å². The number of unbranched alkanes of at least 4 members (excludes halogenated alkanes) is 1. The van der Waals surface area contributed by atoms with Gasteiger partial charge in [-0.1, -0.05) is 51.4 Å². The molecule has 1 aromatic rings. The molecule has 3 heteroatoms. The maximum atomic E-state index is 13.6. The lowest BCUT2D eigenvalue weighted by atomic mass is 9.78. The van der Waals surface area contributed by atoms with Crippen LogP contribution < -0.4 is 0 Å². The highest BCUT2D eigenvalue weighted by Gasteiger charge is 2.30. The van der Waals surface area contributed by atoms with Crippen LogP contribution in [0.2, 0.25) is 0 Å². The Morgan fingerprint density at radius 1 is 1.33 bits per heavy atom. The molecule has 1 heterocycles. The molecule has 0 aliphatic heterocycles. The molecule has 15 heavy (non-hydrogen) atoms. The molecule has 0 aliphatic rings. The molecule has 0 spiro atoms. The van der Waals surface area contributed by atoms with E-state index >= 15 is 0 Å². The topological polar surface area (TPSA) is 12.9 Å². The average Bonchev–Trinajstić information content (AvgIpc) is 2.62. The Hall–Kier alpha value is -0.440. The first kappa shape index (κ1) is 12.6. The van der Waals surface area contributed by atoms with Gasteiger partial charge in [0.05, 0.1) is 11.2 Å². The van der Waals surface area contributed by atoms with Crippen molar-refractivity contribution in [1.29, 1.82) is 0 Å². The maximum absolute atomic E-state index is 13.6. The van der Waals surface area contributed by atoms with Crippen LogP contribution in [-0.2, 0) is 5.41 Å². The molecule has 1 rings (SSSR count). The monoisotopic (exact) mass is 229 g/mol. The highest BCUT2D eigenvalue weighted by atomic mass is 32.1. The van der Waals surface area contributed by atoms with E-state index in [1.807, 2.05) is 0 Å². The van der Waals surface area contributed by atoms with Crippen LogP contribution in [0, 0.1) is 5.13 Å². The second kappa shape index (κ2) is 5.59. The van der Waals surface area contributed by atoms with E-state index in [1.54, 1.807) is 5.51 Å². The Labute approximate surface area is 95.7 Å². The Kier molecular flexibility index (Phi) is 4.71. The van der Waals surface area contributed by atoms with E-state index in [0.29, 0.717) is 5.69 Å². The first-order valence-electron chi connectivity index (χ1n) is 5.73. The summed E-state index contributed by atoms with van der Waals surface area (Å²) in [5.41, 5.74) is 2.24. The van der Waals surface area contributed by atoms with Gasteiger partial charge in [0.1, 0.15) is 0 Å². The number of aromatic nitrogens is 1. The summed E-state index contributed by atoms with van der Waals surface area (Å²) in [6.45, 7) is 6.46. The lowest BCUT2D eigenvalue weighted by molar-refractivity contribution is 0.361. The van der Waals surface area contributed by atoms with Crippen molar-refractivity contribution in [1.82, 2.24) is 4.98 Å². The van der Waals surface area contributed by atoms with Gasteiger partial charge in [-0.25, -0.2) is 4.98 Å². The minimum absolute atomic E-state index is 0.0607. The molecule has 0 radical (unpaired) electrons. The summed E-state index contributed by atoms with van der Waals surface area (Å²) in [5.74, 6) is 0. The Morgan fingerprint density at radius 2 is 2.07 bits per heavy atom. The third-order valence-corrected chi connectivity index (χ3v) is 3.59. The molecule has 1 aromatic heterocycles. The first-order chi connectivity index (χ1) is 7.14. The summed E-state index contributed by atoms with van der Waals surface area (Å²) in [7, 11) is 0. The summed E-state index contributed by atoms with van der Waals surface area (Å²) in [4.78, 5) is 4.20. The Balaban J connectivity index is 2.85. The van der Waals surface area contributed by atoms with Crippen LogP contribution in [0.1, 0.15) is 58.6 Å². The highest BCUT2D eigenvalue weighted by molar-refractivity contribution is 7.08. The van der Waals surface area contributed by atoms with Crippen LogP contribution in [-0.4, -0.2) is 4.98 Å². The average molecular weight is 229 g/mol. The normalized spacial score (nSPS) is 15.2. The molecular formula is C12H20FNS. The van der Waals surface area contributed by atoms with Crippen LogP contribution in [0.5, 0.6) is 0 Å². The fourth-order valence-electron chi connectivity index (χ4n) is 2.11. The number of hydrogen-bond donors (Lipinski definition) is 0. The summed E-state index contributed by atoms with van der Waals surface area (Å²) in [6, 6.07) is 0. The molecule has 1 unspecified atom stereocenters. The van der Waals surface area contributed by atoms with Gasteiger partial charge in [-0.3, -0.25) is 0 Å². The zero-order valence-corrected chi connectivity index (χ0v) is 10.7. The first-order valence-corrected chi connectivity index (χ1v) is 6.61. The van der Waals surface area contributed by atoms with E-state index in [4.69, 9.17) is 0 Å². The van der Waals surface area contributed by atoms with Crippen molar-refractivity contribution in [2.45, 2.75) is 58.3 Å². The number of nitrogens with zero attached hydrogens (tertiary/aromatic N) is 1. The number of hydrogen-bond acceptors (Lipinski definition) is 2. The van der Waals surface area contributed by atoms with Gasteiger partial charge in [-0.05, 0) is 12.8 Å². The molecule has 0 aliphatic carbocycles. The fourth-order valence-corrected chi connectivity index (χ4v) is 2.77. The van der Waals surface area contributed by atoms with E-state index in [0.717, 1.165) is 43.4 Å². The standard InChI is InChI=1S/C12H20FNS/c1-4-6-8-12(3,7-5-2)10-11(13)15-9-14-10/h9H,4-8H2,1-3H3. The highest BCUT2D eigenvalue weighted by Crippen LogP contribution is 2.35. The number of rotatable bonds is 6. The van der Waals surface area contributed by atoms with Crippen molar-refractivity contribution < 1.29 is 4.39 Å². The van der Waals surface area contributed by atoms with Crippen molar-refractivity contribution in [3.8, 4) is 0 Å². The third kappa shape index (κ3) is 3.00. The van der Waals surface area contributed by atoms with E-state index < -0.39 is 0 Å². The molecule has 0 amide bonds. The summed E-state index contributed by atoms with van der Waals surface area (Å²) >= 11 is 1.11. The lowest BCUT2D eigenvalue weighted by Gasteiger charge is -2.27. The van der Waals surface area contributed by atoms with Crippen molar-refractivity contribution in [2.75, 3.05) is 0 Å². The molecule has 0 fully saturated rings. The van der Waals surface area contributed by atoms with Gasteiger partial charge >= 0.3 is 0 Å². The zero-order valence-electron chi connectivity index (χ0n) is 9.85. The van der Waals surface area contributed by atoms with E-state index in [-0.39, 0.29) is 10.5 Å². The summed E-state index contributed by atoms with van der Waals surface area (Å²) in [5, 5.41) is -0.0953. The molecule has 1 nitrogen and oxygen atoms in total. The van der Waals surface area contributed by atoms with Gasteiger partial charge < -0.3 is 0 Å². The molecule has 0 bridgehead atoms. The van der Waals surface area contributed by atoms with Crippen LogP contribution in [0.15, 0.2) is 5.51 Å². The van der Waals surface area contributed by atoms with Crippen molar-refractivity contribution in [3.63, 3.8) is 0 Å². The van der Waals surface area contributed by atoms with Crippen molar-refractivity contribution >= 4 is 11.3 Å². The molecule has 0 aromatic carbocycles. The lowest BCUT2D eigenvalue weighted by Crippen LogP contribution is -2.23. The Morgan fingerprint density at radius 3 is 2.53 bits per heavy atom. The van der Waals surface area contributed by atoms with Crippen LogP contribution >= 0.6 is 11.3 Å².